The molecule has 160 valence electrons. The minimum absolute atomic E-state index is 0.0758. The number of aliphatic imine (C=N–C) groups is 1. The first-order chi connectivity index (χ1) is 15.6. The van der Waals surface area contributed by atoms with Crippen molar-refractivity contribution in [2.75, 3.05) is 6.54 Å². The summed E-state index contributed by atoms with van der Waals surface area (Å²) in [5.41, 5.74) is 3.08. The maximum absolute atomic E-state index is 13.3. The number of H-pyrrole nitrogens is 1. The average molecular weight is 571 g/mol. The predicted octanol–water partition coefficient (Wildman–Crippen LogP) is 7.13. The topological polar surface area (TPSA) is 61.6 Å². The van der Waals surface area contributed by atoms with Gasteiger partial charge in [-0.2, -0.15) is 0 Å². The highest BCUT2D eigenvalue weighted by Crippen LogP contribution is 2.36. The lowest BCUT2D eigenvalue weighted by Crippen LogP contribution is -2.31. The summed E-state index contributed by atoms with van der Waals surface area (Å²) >= 11 is 8.12. The van der Waals surface area contributed by atoms with Crippen LogP contribution in [-0.4, -0.2) is 27.5 Å². The predicted molar refractivity (Wildman–Crippen MR) is 137 cm³/mol. The fourth-order valence-electron chi connectivity index (χ4n) is 3.54. The molecular formula is C24H17Br2N3O2S. The van der Waals surface area contributed by atoms with Crippen molar-refractivity contribution < 1.29 is 9.21 Å². The number of halogens is 2. The number of thioether (sulfide) groups is 1. The number of amidine groups is 1. The third kappa shape index (κ3) is 4.35. The number of carbonyl (C=O) groups excluding carboxylic acids is 1. The molecule has 1 fully saturated rings. The number of nitrogens with one attached hydrogen (secondary N) is 1. The molecule has 3 heterocycles. The summed E-state index contributed by atoms with van der Waals surface area (Å²) in [6.45, 7) is 0.530. The van der Waals surface area contributed by atoms with Crippen molar-refractivity contribution in [3.8, 4) is 0 Å². The van der Waals surface area contributed by atoms with E-state index in [0.717, 1.165) is 22.1 Å². The Kier molecular flexibility index (Phi) is 6.08. The van der Waals surface area contributed by atoms with Crippen LogP contribution in [0.1, 0.15) is 11.3 Å². The van der Waals surface area contributed by atoms with Crippen LogP contribution in [0.2, 0.25) is 0 Å². The number of rotatable bonds is 5. The van der Waals surface area contributed by atoms with E-state index in [4.69, 9.17) is 9.41 Å². The molecule has 5 nitrogen and oxygen atoms in total. The van der Waals surface area contributed by atoms with Crippen LogP contribution >= 0.6 is 43.6 Å². The summed E-state index contributed by atoms with van der Waals surface area (Å²) in [4.78, 5) is 23.7. The molecule has 0 radical (unpaired) electrons. The van der Waals surface area contributed by atoms with Gasteiger partial charge in [0.2, 0.25) is 0 Å². The van der Waals surface area contributed by atoms with Gasteiger partial charge in [0.25, 0.3) is 5.91 Å². The van der Waals surface area contributed by atoms with Crippen molar-refractivity contribution in [2.45, 2.75) is 6.42 Å². The Balaban J connectivity index is 1.45. The van der Waals surface area contributed by atoms with Crippen molar-refractivity contribution in [3.63, 3.8) is 0 Å². The summed E-state index contributed by atoms with van der Waals surface area (Å²) in [5, 5.41) is 1.84. The second kappa shape index (κ2) is 9.13. The number of fused-ring (bicyclic) bond motifs is 1. The van der Waals surface area contributed by atoms with Gasteiger partial charge in [-0.15, -0.1) is 0 Å². The largest absolute Gasteiger partial charge is 0.449 e. The van der Waals surface area contributed by atoms with Crippen molar-refractivity contribution >= 4 is 77.4 Å². The molecule has 2 aromatic carbocycles. The van der Waals surface area contributed by atoms with Crippen LogP contribution in [0, 0.1) is 0 Å². The zero-order valence-electron chi connectivity index (χ0n) is 16.7. The number of nitrogens with zero attached hydrogens (tertiary/aromatic N) is 2. The summed E-state index contributed by atoms with van der Waals surface area (Å²) in [6, 6.07) is 19.7. The number of aromatic amines is 1. The quantitative estimate of drug-likeness (QED) is 0.259. The highest BCUT2D eigenvalue weighted by Gasteiger charge is 2.33. The van der Waals surface area contributed by atoms with Crippen LogP contribution in [-0.2, 0) is 11.2 Å². The Morgan fingerprint density at radius 1 is 1.09 bits per heavy atom. The van der Waals surface area contributed by atoms with Gasteiger partial charge >= 0.3 is 0 Å². The lowest BCUT2D eigenvalue weighted by molar-refractivity contribution is -0.122. The number of hydrogen-bond acceptors (Lipinski definition) is 4. The van der Waals surface area contributed by atoms with Gasteiger partial charge < -0.3 is 9.40 Å². The standard InChI is InChI=1S/C24H17Br2N3O2S/c25-19-12-17(31-22(19)26)13-21-23(30)29(24(32-21)28-16-6-2-1-3-7-16)11-10-15-14-27-20-9-5-4-8-18(15)20/h1-9,12-14,27H,10-11H2/b21-13-,28-24?. The molecule has 2 aromatic heterocycles. The van der Waals surface area contributed by atoms with E-state index in [-0.39, 0.29) is 5.91 Å². The maximum atomic E-state index is 13.3. The number of amides is 1. The van der Waals surface area contributed by atoms with Crippen molar-refractivity contribution in [2.24, 2.45) is 4.99 Å². The minimum Gasteiger partial charge on any atom is -0.449 e. The second-order valence-corrected chi connectivity index (χ2v) is 9.76. The van der Waals surface area contributed by atoms with Crippen LogP contribution in [0.3, 0.4) is 0 Å². The number of carbonyl (C=O) groups is 1. The molecule has 1 saturated heterocycles. The lowest BCUT2D eigenvalue weighted by atomic mass is 10.1. The molecule has 8 heteroatoms. The van der Waals surface area contributed by atoms with Gasteiger partial charge in [0, 0.05) is 29.7 Å². The highest BCUT2D eigenvalue weighted by molar-refractivity contribution is 9.13. The Hall–Kier alpha value is -2.55. The zero-order chi connectivity index (χ0) is 22.1. The minimum atomic E-state index is -0.0758. The molecule has 0 bridgehead atoms. The Morgan fingerprint density at radius 2 is 1.88 bits per heavy atom. The molecule has 0 aliphatic carbocycles. The summed E-state index contributed by atoms with van der Waals surface area (Å²) in [7, 11) is 0. The van der Waals surface area contributed by atoms with Crippen LogP contribution in [0.4, 0.5) is 5.69 Å². The SMILES string of the molecule is O=C1/C(=C/c2cc(Br)c(Br)o2)SC(=Nc2ccccc2)N1CCc1c[nH]c2ccccc12. The van der Waals surface area contributed by atoms with Gasteiger partial charge in [0.1, 0.15) is 5.76 Å². The van der Waals surface area contributed by atoms with E-state index < -0.39 is 0 Å². The third-order valence-corrected chi connectivity index (χ3v) is 7.80. The molecule has 32 heavy (non-hydrogen) atoms. The van der Waals surface area contributed by atoms with Crippen molar-refractivity contribution in [1.82, 2.24) is 9.88 Å². The lowest BCUT2D eigenvalue weighted by Gasteiger charge is -2.15. The first-order valence-corrected chi connectivity index (χ1v) is 12.3. The Morgan fingerprint density at radius 3 is 2.66 bits per heavy atom. The summed E-state index contributed by atoms with van der Waals surface area (Å²) in [5.74, 6) is 0.519. The van der Waals surface area contributed by atoms with Gasteiger partial charge in [0.05, 0.1) is 15.1 Å². The molecule has 1 aliphatic heterocycles. The molecule has 1 aliphatic rings. The summed E-state index contributed by atoms with van der Waals surface area (Å²) in [6.07, 6.45) is 4.49. The van der Waals surface area contributed by atoms with Gasteiger partial charge in [0.15, 0.2) is 9.84 Å². The Labute approximate surface area is 205 Å². The fourth-order valence-corrected chi connectivity index (χ4v) is 5.15. The number of hydrogen-bond donors (Lipinski definition) is 1. The first kappa shape index (κ1) is 21.3. The Bertz CT molecular complexity index is 1340. The molecular weight excluding hydrogens is 554 g/mol. The van der Waals surface area contributed by atoms with E-state index in [1.54, 1.807) is 11.0 Å². The second-order valence-electron chi connectivity index (χ2n) is 7.18. The number of aromatic nitrogens is 1. The third-order valence-electron chi connectivity index (χ3n) is 5.09. The fraction of sp³-hybridized carbons (Fsp3) is 0.0833. The molecule has 0 saturated carbocycles. The molecule has 4 aromatic rings. The number of benzene rings is 2. The molecule has 1 amide bonds. The number of furan rings is 1. The zero-order valence-corrected chi connectivity index (χ0v) is 20.7. The van der Waals surface area contributed by atoms with E-state index >= 15 is 0 Å². The molecule has 0 atom stereocenters. The van der Waals surface area contributed by atoms with Crippen LogP contribution in [0.25, 0.3) is 17.0 Å². The monoisotopic (exact) mass is 569 g/mol. The van der Waals surface area contributed by atoms with Crippen molar-refractivity contribution in [3.05, 3.63) is 92.2 Å². The van der Waals surface area contributed by atoms with Gasteiger partial charge in [-0.1, -0.05) is 36.4 Å². The van der Waals surface area contributed by atoms with E-state index in [1.165, 1.54) is 22.7 Å². The molecule has 5 rings (SSSR count). The van der Waals surface area contributed by atoms with E-state index in [0.29, 0.717) is 27.0 Å². The highest BCUT2D eigenvalue weighted by atomic mass is 79.9. The van der Waals surface area contributed by atoms with Gasteiger partial charge in [-0.3, -0.25) is 9.69 Å². The maximum Gasteiger partial charge on any atom is 0.266 e. The molecule has 1 N–H and O–H groups in total. The molecule has 0 unspecified atom stereocenters. The van der Waals surface area contributed by atoms with E-state index in [9.17, 15) is 4.79 Å². The van der Waals surface area contributed by atoms with Crippen LogP contribution < -0.4 is 0 Å². The normalized spacial score (nSPS) is 16.7. The van der Waals surface area contributed by atoms with E-state index in [2.05, 4.69) is 49.0 Å². The first-order valence-electron chi connectivity index (χ1n) is 9.93. The van der Waals surface area contributed by atoms with Crippen LogP contribution in [0.5, 0.6) is 0 Å². The van der Waals surface area contributed by atoms with Gasteiger partial charge in [-0.25, -0.2) is 4.99 Å². The van der Waals surface area contributed by atoms with Gasteiger partial charge in [-0.05, 0) is 79.9 Å². The number of para-hydroxylation sites is 2. The van der Waals surface area contributed by atoms with Crippen LogP contribution in [0.15, 0.2) is 90.3 Å². The van der Waals surface area contributed by atoms with Crippen molar-refractivity contribution in [1.29, 1.82) is 0 Å². The summed E-state index contributed by atoms with van der Waals surface area (Å²) < 4.78 is 7.04. The smallest absolute Gasteiger partial charge is 0.266 e. The average Bonchev–Trinajstić information content (AvgIpc) is 3.44. The molecule has 0 spiro atoms. The van der Waals surface area contributed by atoms with E-state index in [1.807, 2.05) is 54.7 Å².